The van der Waals surface area contributed by atoms with E-state index >= 15 is 8.78 Å². The van der Waals surface area contributed by atoms with Gasteiger partial charge in [0.15, 0.2) is 0 Å². The van der Waals surface area contributed by atoms with Gasteiger partial charge in [-0.25, -0.2) is 18.7 Å². The van der Waals surface area contributed by atoms with Crippen LogP contribution in [0.3, 0.4) is 0 Å². The van der Waals surface area contributed by atoms with Gasteiger partial charge in [-0.3, -0.25) is 14.3 Å². The number of pyridine rings is 1. The van der Waals surface area contributed by atoms with Crippen LogP contribution in [-0.4, -0.2) is 39.1 Å². The number of nitrogens with one attached hydrogen (secondary N) is 1. The van der Waals surface area contributed by atoms with Gasteiger partial charge in [0.05, 0.1) is 16.9 Å². The number of hydrogen-bond acceptors (Lipinski definition) is 6. The second-order valence-corrected chi connectivity index (χ2v) is 11.4. The van der Waals surface area contributed by atoms with Gasteiger partial charge in [0.2, 0.25) is 0 Å². The minimum atomic E-state index is -2.90. The predicted molar refractivity (Wildman–Crippen MR) is 150 cm³/mol. The van der Waals surface area contributed by atoms with Crippen LogP contribution in [0.5, 0.6) is 0 Å². The molecule has 8 bridgehead atoms. The lowest BCUT2D eigenvalue weighted by atomic mass is 9.86. The topological polar surface area (TPSA) is 86.8 Å². The lowest BCUT2D eigenvalue weighted by Crippen LogP contribution is -2.39. The van der Waals surface area contributed by atoms with Gasteiger partial charge in [0, 0.05) is 36.7 Å². The summed E-state index contributed by atoms with van der Waals surface area (Å²) in [4.78, 5) is 25.2. The van der Waals surface area contributed by atoms with Gasteiger partial charge in [0.1, 0.15) is 17.3 Å². The van der Waals surface area contributed by atoms with Crippen LogP contribution >= 0.6 is 0 Å². The van der Waals surface area contributed by atoms with Crippen molar-refractivity contribution in [2.75, 3.05) is 25.0 Å². The molecule has 3 aromatic rings. The first-order valence-electron chi connectivity index (χ1n) is 14.2. The molecule has 4 aliphatic rings. The number of alkyl halides is 2. The Labute approximate surface area is 232 Å². The molecule has 208 valence electrons. The lowest BCUT2D eigenvalue weighted by Gasteiger charge is -2.35. The van der Waals surface area contributed by atoms with Crippen molar-refractivity contribution in [3.05, 3.63) is 75.4 Å². The summed E-state index contributed by atoms with van der Waals surface area (Å²) in [6, 6.07) is 10.8. The number of hydrogen-bond donors (Lipinski definition) is 1. The summed E-state index contributed by atoms with van der Waals surface area (Å²) in [6.45, 7) is 4.58. The van der Waals surface area contributed by atoms with Gasteiger partial charge >= 0.3 is 0 Å². The molecule has 7 nitrogen and oxygen atoms in total. The summed E-state index contributed by atoms with van der Waals surface area (Å²) in [6.07, 6.45) is 7.95. The average molecular weight is 545 g/mol. The van der Waals surface area contributed by atoms with Gasteiger partial charge in [-0.05, 0) is 76.2 Å². The first-order chi connectivity index (χ1) is 19.3. The van der Waals surface area contributed by atoms with Crippen molar-refractivity contribution in [1.29, 1.82) is 5.26 Å². The van der Waals surface area contributed by atoms with E-state index < -0.39 is 17.3 Å². The molecule has 0 amide bonds. The summed E-state index contributed by atoms with van der Waals surface area (Å²) in [7, 11) is 0. The monoisotopic (exact) mass is 544 g/mol. The molecule has 0 atom stereocenters. The van der Waals surface area contributed by atoms with Crippen LogP contribution in [0.2, 0.25) is 0 Å². The van der Waals surface area contributed by atoms with Crippen LogP contribution in [0, 0.1) is 24.2 Å². The summed E-state index contributed by atoms with van der Waals surface area (Å²) < 4.78 is 33.0. The van der Waals surface area contributed by atoms with E-state index in [1.54, 1.807) is 29.7 Å². The fourth-order valence-corrected chi connectivity index (χ4v) is 6.10. The minimum absolute atomic E-state index is 0.0455. The molecule has 0 unspecified atom stereocenters. The highest BCUT2D eigenvalue weighted by Gasteiger charge is 2.47. The number of nitrogens with zero attached hydrogens (tertiary/aromatic N) is 5. The number of benzene rings is 1. The number of nitriles is 1. The maximum atomic E-state index is 15.6. The van der Waals surface area contributed by atoms with E-state index in [2.05, 4.69) is 38.4 Å². The Morgan fingerprint density at radius 3 is 2.65 bits per heavy atom. The Bertz CT molecular complexity index is 1560. The van der Waals surface area contributed by atoms with Crippen LogP contribution < -0.4 is 10.9 Å². The maximum Gasteiger partial charge on any atom is 0.276 e. The van der Waals surface area contributed by atoms with E-state index in [4.69, 9.17) is 0 Å². The quantitative estimate of drug-likeness (QED) is 0.412. The molecule has 7 rings (SSSR count). The van der Waals surface area contributed by atoms with Crippen molar-refractivity contribution in [3.8, 4) is 6.07 Å². The largest absolute Gasteiger partial charge is 0.365 e. The Kier molecular flexibility index (Phi) is 6.91. The number of piperidine rings is 1. The summed E-state index contributed by atoms with van der Waals surface area (Å²) in [5.74, 6) is -2.55. The van der Waals surface area contributed by atoms with E-state index in [1.165, 1.54) is 6.07 Å². The van der Waals surface area contributed by atoms with Crippen molar-refractivity contribution >= 4 is 16.9 Å². The van der Waals surface area contributed by atoms with E-state index in [0.717, 1.165) is 24.9 Å². The molecular weight excluding hydrogens is 510 g/mol. The third-order valence-corrected chi connectivity index (χ3v) is 8.69. The van der Waals surface area contributed by atoms with E-state index in [1.807, 2.05) is 6.07 Å². The fourth-order valence-electron chi connectivity index (χ4n) is 6.10. The second-order valence-electron chi connectivity index (χ2n) is 11.4. The van der Waals surface area contributed by atoms with Crippen LogP contribution in [0.25, 0.3) is 11.0 Å². The SMILES string of the molecule is Cc1nc2c3cc(C4(C#N)CC4)c(=O)n(c3n1)CCCC=CCN1CCC(CC1)C(F)(F)c1cccc(c1)CN2. The number of anilines is 1. The normalized spacial score (nSPS) is 23.9. The molecule has 1 saturated carbocycles. The Morgan fingerprint density at radius 1 is 1.10 bits per heavy atom. The molecule has 3 aliphatic heterocycles. The molecule has 0 radical (unpaired) electrons. The molecule has 2 aromatic heterocycles. The lowest BCUT2D eigenvalue weighted by molar-refractivity contribution is -0.0847. The summed E-state index contributed by atoms with van der Waals surface area (Å²) >= 11 is 0. The number of allylic oxidation sites excluding steroid dienone is 1. The van der Waals surface area contributed by atoms with Crippen LogP contribution in [0.4, 0.5) is 14.6 Å². The van der Waals surface area contributed by atoms with Crippen molar-refractivity contribution in [2.24, 2.45) is 5.92 Å². The summed E-state index contributed by atoms with van der Waals surface area (Å²) in [5.41, 5.74) is 0.850. The first-order valence-corrected chi connectivity index (χ1v) is 14.2. The highest BCUT2D eigenvalue weighted by Crippen LogP contribution is 2.47. The molecule has 1 N–H and O–H groups in total. The number of fused-ring (bicyclic) bond motifs is 7. The zero-order valence-electron chi connectivity index (χ0n) is 22.8. The van der Waals surface area contributed by atoms with Gasteiger partial charge in [-0.1, -0.05) is 30.4 Å². The number of halogens is 2. The molecule has 1 aromatic carbocycles. The standard InChI is InChI=1S/C31H34F2N6O/c1-21-36-27-25-18-26(30(20-34)11-12-30)29(40)39(28(25)37-21)14-5-3-2-4-13-38-15-9-23(10-16-38)31(32,33)24-8-6-7-22(17-24)19-35-27/h2,4,6-8,17-18,23H,3,5,9-16,19H2,1H3,(H,35,36,37). The Balaban J connectivity index is 1.44. The smallest absolute Gasteiger partial charge is 0.276 e. The maximum absolute atomic E-state index is 15.6. The molecule has 1 saturated heterocycles. The Morgan fingerprint density at radius 2 is 1.90 bits per heavy atom. The number of rotatable bonds is 1. The molecular formula is C31H34F2N6O. The molecule has 9 heteroatoms. The van der Waals surface area contributed by atoms with Crippen LogP contribution in [0.15, 0.2) is 47.3 Å². The van der Waals surface area contributed by atoms with Crippen LogP contribution in [-0.2, 0) is 24.4 Å². The van der Waals surface area contributed by atoms with Gasteiger partial charge in [-0.2, -0.15) is 5.26 Å². The van der Waals surface area contributed by atoms with Crippen molar-refractivity contribution in [2.45, 2.75) is 69.9 Å². The van der Waals surface area contributed by atoms with E-state index in [9.17, 15) is 10.1 Å². The predicted octanol–water partition coefficient (Wildman–Crippen LogP) is 5.42. The van der Waals surface area contributed by atoms with Crippen molar-refractivity contribution < 1.29 is 8.78 Å². The highest BCUT2D eigenvalue weighted by atomic mass is 19.3. The third-order valence-electron chi connectivity index (χ3n) is 8.69. The Hall–Kier alpha value is -3.64. The zero-order valence-corrected chi connectivity index (χ0v) is 22.8. The number of aromatic nitrogens is 3. The summed E-state index contributed by atoms with van der Waals surface area (Å²) in [5, 5.41) is 13.9. The second kappa shape index (κ2) is 10.4. The van der Waals surface area contributed by atoms with Crippen LogP contribution in [0.1, 0.15) is 61.0 Å². The third kappa shape index (κ3) is 4.90. The van der Waals surface area contributed by atoms with Crippen molar-refractivity contribution in [3.63, 3.8) is 0 Å². The van der Waals surface area contributed by atoms with Gasteiger partial charge in [0.25, 0.3) is 11.5 Å². The first kappa shape index (κ1) is 26.6. The highest BCUT2D eigenvalue weighted by molar-refractivity contribution is 5.87. The van der Waals surface area contributed by atoms with E-state index in [-0.39, 0.29) is 17.7 Å². The minimum Gasteiger partial charge on any atom is -0.365 e. The molecule has 1 aliphatic carbocycles. The molecule has 40 heavy (non-hydrogen) atoms. The molecule has 0 spiro atoms. The van der Waals surface area contributed by atoms with E-state index in [0.29, 0.717) is 73.6 Å². The fraction of sp³-hybridized carbons (Fsp3) is 0.484. The van der Waals surface area contributed by atoms with Gasteiger partial charge < -0.3 is 5.32 Å². The number of aryl methyl sites for hydroxylation is 2. The molecule has 5 heterocycles. The zero-order chi connectivity index (χ0) is 27.9. The average Bonchev–Trinajstić information content (AvgIpc) is 3.75. The van der Waals surface area contributed by atoms with Gasteiger partial charge in [-0.15, -0.1) is 0 Å². The molecule has 2 fully saturated rings. The van der Waals surface area contributed by atoms with Crippen molar-refractivity contribution in [1.82, 2.24) is 19.4 Å².